The van der Waals surface area contributed by atoms with E-state index in [1.54, 1.807) is 12.1 Å². The van der Waals surface area contributed by atoms with Crippen LogP contribution in [-0.4, -0.2) is 38.8 Å². The highest BCUT2D eigenvalue weighted by Crippen LogP contribution is 2.15. The van der Waals surface area contributed by atoms with Crippen molar-refractivity contribution in [3.63, 3.8) is 0 Å². The maximum Gasteiger partial charge on any atom is 0.243 e. The minimum atomic E-state index is -3.70. The fourth-order valence-electron chi connectivity index (χ4n) is 1.66. The van der Waals surface area contributed by atoms with Gasteiger partial charge in [-0.15, -0.1) is 0 Å². The number of nitrogens with zero attached hydrogens (tertiary/aromatic N) is 2. The second-order valence-corrected chi connectivity index (χ2v) is 6.63. The predicted octanol–water partition coefficient (Wildman–Crippen LogP) is 0.899. The quantitative estimate of drug-likeness (QED) is 0.810. The van der Waals surface area contributed by atoms with Gasteiger partial charge in [-0.25, -0.2) is 8.42 Å². The van der Waals surface area contributed by atoms with Crippen molar-refractivity contribution >= 4 is 15.9 Å². The number of carbonyl (C=O) groups excluding carboxylic acids is 1. The number of carbonyl (C=O) groups is 1. The number of rotatable bonds is 7. The SMILES string of the molecule is CCCNC(=O)CN(C)S(=O)(=O)c1ccc(CC#N)cc1. The zero-order valence-corrected chi connectivity index (χ0v) is 13.0. The molecule has 1 N–H and O–H groups in total. The first-order valence-electron chi connectivity index (χ1n) is 6.60. The van der Waals surface area contributed by atoms with E-state index >= 15 is 0 Å². The van der Waals surface area contributed by atoms with Gasteiger partial charge in [-0.2, -0.15) is 9.57 Å². The molecule has 0 fully saturated rings. The van der Waals surface area contributed by atoms with E-state index in [9.17, 15) is 13.2 Å². The Balaban J connectivity index is 2.80. The van der Waals surface area contributed by atoms with Gasteiger partial charge in [0.2, 0.25) is 15.9 Å². The summed E-state index contributed by atoms with van der Waals surface area (Å²) in [7, 11) is -2.34. The van der Waals surface area contributed by atoms with Crippen LogP contribution < -0.4 is 5.32 Å². The normalized spacial score (nSPS) is 11.1. The van der Waals surface area contributed by atoms with Gasteiger partial charge in [0.1, 0.15) is 0 Å². The number of amides is 1. The second-order valence-electron chi connectivity index (χ2n) is 4.59. The highest BCUT2D eigenvalue weighted by molar-refractivity contribution is 7.89. The van der Waals surface area contributed by atoms with E-state index < -0.39 is 10.0 Å². The Morgan fingerprint density at radius 1 is 1.33 bits per heavy atom. The molecule has 0 radical (unpaired) electrons. The van der Waals surface area contributed by atoms with Crippen LogP contribution in [0.2, 0.25) is 0 Å². The summed E-state index contributed by atoms with van der Waals surface area (Å²) >= 11 is 0. The number of likely N-dealkylation sites (N-methyl/N-ethyl adjacent to an activating group) is 1. The summed E-state index contributed by atoms with van der Waals surface area (Å²) in [5, 5.41) is 11.2. The van der Waals surface area contributed by atoms with Crippen molar-refractivity contribution in [3.05, 3.63) is 29.8 Å². The molecule has 0 aromatic heterocycles. The van der Waals surface area contributed by atoms with E-state index in [1.807, 2.05) is 13.0 Å². The summed E-state index contributed by atoms with van der Waals surface area (Å²) in [4.78, 5) is 11.7. The first-order chi connectivity index (χ1) is 9.91. The monoisotopic (exact) mass is 309 g/mol. The molecule has 0 saturated heterocycles. The van der Waals surface area contributed by atoms with Gasteiger partial charge < -0.3 is 5.32 Å². The standard InChI is InChI=1S/C14H19N3O3S/c1-3-10-16-14(18)11-17(2)21(19,20)13-6-4-12(5-7-13)8-9-15/h4-7H,3,8,10-11H2,1-2H3,(H,16,18). The molecule has 0 aliphatic rings. The lowest BCUT2D eigenvalue weighted by Crippen LogP contribution is -2.38. The van der Waals surface area contributed by atoms with Crippen molar-refractivity contribution in [1.29, 1.82) is 5.26 Å². The maximum atomic E-state index is 12.3. The number of hydrogen-bond acceptors (Lipinski definition) is 4. The number of benzene rings is 1. The van der Waals surface area contributed by atoms with Crippen molar-refractivity contribution in [3.8, 4) is 6.07 Å². The van der Waals surface area contributed by atoms with Crippen LogP contribution in [0.3, 0.4) is 0 Å². The van der Waals surface area contributed by atoms with E-state index in [4.69, 9.17) is 5.26 Å². The van der Waals surface area contributed by atoms with Crippen molar-refractivity contribution in [1.82, 2.24) is 9.62 Å². The summed E-state index contributed by atoms with van der Waals surface area (Å²) in [5.41, 5.74) is 0.750. The molecule has 0 spiro atoms. The first-order valence-corrected chi connectivity index (χ1v) is 8.04. The highest BCUT2D eigenvalue weighted by Gasteiger charge is 2.22. The average Bonchev–Trinajstić information content (AvgIpc) is 2.46. The van der Waals surface area contributed by atoms with Gasteiger partial charge in [0, 0.05) is 13.6 Å². The Labute approximate surface area is 125 Å². The lowest BCUT2D eigenvalue weighted by Gasteiger charge is -2.17. The fourth-order valence-corrected chi connectivity index (χ4v) is 2.79. The molecule has 0 unspecified atom stereocenters. The molecule has 0 heterocycles. The molecular formula is C14H19N3O3S. The lowest BCUT2D eigenvalue weighted by atomic mass is 10.2. The van der Waals surface area contributed by atoms with Crippen LogP contribution in [-0.2, 0) is 21.2 Å². The smallest absolute Gasteiger partial charge is 0.243 e. The van der Waals surface area contributed by atoms with E-state index in [0.717, 1.165) is 16.3 Å². The minimum Gasteiger partial charge on any atom is -0.355 e. The van der Waals surface area contributed by atoms with Crippen LogP contribution in [0.1, 0.15) is 18.9 Å². The predicted molar refractivity (Wildman–Crippen MR) is 78.9 cm³/mol. The van der Waals surface area contributed by atoms with Crippen LogP contribution in [0, 0.1) is 11.3 Å². The Kier molecular flexibility index (Phi) is 6.34. The largest absolute Gasteiger partial charge is 0.355 e. The Morgan fingerprint density at radius 3 is 2.48 bits per heavy atom. The summed E-state index contributed by atoms with van der Waals surface area (Å²) in [6.07, 6.45) is 1.03. The molecule has 0 atom stereocenters. The third-order valence-electron chi connectivity index (χ3n) is 2.85. The average molecular weight is 309 g/mol. The molecule has 0 saturated carbocycles. The number of hydrogen-bond donors (Lipinski definition) is 1. The van der Waals surface area contributed by atoms with E-state index in [0.29, 0.717) is 6.54 Å². The molecule has 1 amide bonds. The van der Waals surface area contributed by atoms with E-state index in [-0.39, 0.29) is 23.8 Å². The van der Waals surface area contributed by atoms with E-state index in [1.165, 1.54) is 19.2 Å². The van der Waals surface area contributed by atoms with Crippen LogP contribution in [0.4, 0.5) is 0 Å². The first kappa shape index (κ1) is 17.1. The number of nitrogens with one attached hydrogen (secondary N) is 1. The third-order valence-corrected chi connectivity index (χ3v) is 4.67. The van der Waals surface area contributed by atoms with Gasteiger partial charge in [0.05, 0.1) is 23.9 Å². The fraction of sp³-hybridized carbons (Fsp3) is 0.429. The minimum absolute atomic E-state index is 0.106. The van der Waals surface area contributed by atoms with Gasteiger partial charge in [-0.1, -0.05) is 19.1 Å². The van der Waals surface area contributed by atoms with Gasteiger partial charge in [-0.3, -0.25) is 4.79 Å². The Bertz CT molecular complexity index is 618. The molecule has 21 heavy (non-hydrogen) atoms. The van der Waals surface area contributed by atoms with Gasteiger partial charge in [0.15, 0.2) is 0 Å². The molecule has 1 aromatic carbocycles. The van der Waals surface area contributed by atoms with Crippen LogP contribution in [0.25, 0.3) is 0 Å². The van der Waals surface area contributed by atoms with Crippen LogP contribution >= 0.6 is 0 Å². The topological polar surface area (TPSA) is 90.3 Å². The lowest BCUT2D eigenvalue weighted by molar-refractivity contribution is -0.121. The molecule has 0 bridgehead atoms. The highest BCUT2D eigenvalue weighted by atomic mass is 32.2. The summed E-state index contributed by atoms with van der Waals surface area (Å²) in [6.45, 7) is 2.22. The number of nitriles is 1. The van der Waals surface area contributed by atoms with Crippen molar-refractivity contribution < 1.29 is 13.2 Å². The van der Waals surface area contributed by atoms with Crippen molar-refractivity contribution in [2.24, 2.45) is 0 Å². The van der Waals surface area contributed by atoms with Crippen molar-refractivity contribution in [2.45, 2.75) is 24.7 Å². The molecule has 0 aliphatic heterocycles. The Morgan fingerprint density at radius 2 is 1.95 bits per heavy atom. The third kappa shape index (κ3) is 4.85. The zero-order chi connectivity index (χ0) is 15.9. The van der Waals surface area contributed by atoms with Gasteiger partial charge >= 0.3 is 0 Å². The molecular weight excluding hydrogens is 290 g/mol. The summed E-state index contributed by atoms with van der Waals surface area (Å²) < 4.78 is 25.6. The molecule has 1 rings (SSSR count). The van der Waals surface area contributed by atoms with Gasteiger partial charge in [-0.05, 0) is 24.1 Å². The van der Waals surface area contributed by atoms with Crippen LogP contribution in [0.5, 0.6) is 0 Å². The van der Waals surface area contributed by atoms with Gasteiger partial charge in [0.25, 0.3) is 0 Å². The number of sulfonamides is 1. The van der Waals surface area contributed by atoms with Crippen molar-refractivity contribution in [2.75, 3.05) is 20.1 Å². The Hall–Kier alpha value is -1.91. The second kappa shape index (κ2) is 7.76. The zero-order valence-electron chi connectivity index (χ0n) is 12.2. The van der Waals surface area contributed by atoms with E-state index in [2.05, 4.69) is 5.32 Å². The molecule has 7 heteroatoms. The molecule has 1 aromatic rings. The molecule has 114 valence electrons. The summed E-state index contributed by atoms with van der Waals surface area (Å²) in [5.74, 6) is -0.330. The van der Waals surface area contributed by atoms with Crippen LogP contribution in [0.15, 0.2) is 29.2 Å². The summed E-state index contributed by atoms with van der Waals surface area (Å²) in [6, 6.07) is 8.09. The maximum absolute atomic E-state index is 12.3. The molecule has 0 aliphatic carbocycles. The molecule has 6 nitrogen and oxygen atoms in total.